The Kier molecular flexibility index (Phi) is 5.58. The summed E-state index contributed by atoms with van der Waals surface area (Å²) in [5.41, 5.74) is 0. The smallest absolute Gasteiger partial charge is 0.336 e. The van der Waals surface area contributed by atoms with Gasteiger partial charge in [-0.2, -0.15) is 0 Å². The first-order valence-corrected chi connectivity index (χ1v) is 6.91. The van der Waals surface area contributed by atoms with Crippen LogP contribution in [0.3, 0.4) is 0 Å². The molecule has 0 saturated heterocycles. The second kappa shape index (κ2) is 7.64. The van der Waals surface area contributed by atoms with E-state index in [0.717, 1.165) is 12.2 Å². The lowest BCUT2D eigenvalue weighted by Crippen LogP contribution is -2.08. The van der Waals surface area contributed by atoms with Crippen molar-refractivity contribution in [2.45, 2.75) is 0 Å². The van der Waals surface area contributed by atoms with Crippen LogP contribution in [0.4, 0.5) is 0 Å². The van der Waals surface area contributed by atoms with Crippen LogP contribution in [0.1, 0.15) is 0 Å². The lowest BCUT2D eigenvalue weighted by Gasteiger charge is -2.02. The Morgan fingerprint density at radius 1 is 0.682 bits per heavy atom. The maximum absolute atomic E-state index is 11.5. The standard InChI is InChI=1S/C16H10Cl2O4/c17-11-1-5-13(6-2-11)21-15(19)9-10-16(20)22-14-7-3-12(18)4-8-14/h1-10H. The molecule has 0 aliphatic rings. The van der Waals surface area contributed by atoms with Crippen molar-refractivity contribution in [1.29, 1.82) is 0 Å². The minimum atomic E-state index is -0.699. The molecule has 0 atom stereocenters. The summed E-state index contributed by atoms with van der Waals surface area (Å²) in [4.78, 5) is 23.1. The average molecular weight is 337 g/mol. The van der Waals surface area contributed by atoms with E-state index >= 15 is 0 Å². The Morgan fingerprint density at radius 3 is 1.32 bits per heavy atom. The second-order valence-corrected chi connectivity index (χ2v) is 4.96. The Balaban J connectivity index is 1.87. The lowest BCUT2D eigenvalue weighted by molar-refractivity contribution is -0.131. The van der Waals surface area contributed by atoms with Crippen molar-refractivity contribution < 1.29 is 19.1 Å². The molecule has 0 saturated carbocycles. The molecule has 0 fully saturated rings. The molecule has 112 valence electrons. The zero-order chi connectivity index (χ0) is 15.9. The van der Waals surface area contributed by atoms with Crippen molar-refractivity contribution in [1.82, 2.24) is 0 Å². The van der Waals surface area contributed by atoms with Gasteiger partial charge in [0, 0.05) is 22.2 Å². The second-order valence-electron chi connectivity index (χ2n) is 4.08. The van der Waals surface area contributed by atoms with Crippen LogP contribution >= 0.6 is 23.2 Å². The molecular weight excluding hydrogens is 327 g/mol. The number of hydrogen-bond acceptors (Lipinski definition) is 4. The number of carbonyl (C=O) groups excluding carboxylic acids is 2. The van der Waals surface area contributed by atoms with Crippen molar-refractivity contribution in [2.75, 3.05) is 0 Å². The number of rotatable bonds is 4. The van der Waals surface area contributed by atoms with E-state index in [0.29, 0.717) is 21.5 Å². The summed E-state index contributed by atoms with van der Waals surface area (Å²) in [6, 6.07) is 12.5. The Morgan fingerprint density at radius 2 is 1.00 bits per heavy atom. The molecule has 0 aliphatic heterocycles. The van der Waals surface area contributed by atoms with E-state index < -0.39 is 11.9 Å². The van der Waals surface area contributed by atoms with Crippen molar-refractivity contribution >= 4 is 35.1 Å². The topological polar surface area (TPSA) is 52.6 Å². The van der Waals surface area contributed by atoms with E-state index in [2.05, 4.69) is 0 Å². The first-order chi connectivity index (χ1) is 10.5. The maximum Gasteiger partial charge on any atom is 0.336 e. The van der Waals surface area contributed by atoms with Gasteiger partial charge in [-0.25, -0.2) is 9.59 Å². The fraction of sp³-hybridized carbons (Fsp3) is 0. The molecule has 2 aromatic rings. The van der Waals surface area contributed by atoms with Gasteiger partial charge >= 0.3 is 11.9 Å². The van der Waals surface area contributed by atoms with Gasteiger partial charge in [0.1, 0.15) is 11.5 Å². The van der Waals surface area contributed by atoms with Crippen LogP contribution < -0.4 is 9.47 Å². The highest BCUT2D eigenvalue weighted by molar-refractivity contribution is 6.30. The predicted octanol–water partition coefficient (Wildman–Crippen LogP) is 4.06. The third-order valence-electron chi connectivity index (χ3n) is 2.42. The molecule has 2 aromatic carbocycles. The molecular formula is C16H10Cl2O4. The first kappa shape index (κ1) is 16.1. The van der Waals surface area contributed by atoms with E-state index in [1.165, 1.54) is 0 Å². The molecule has 0 N–H and O–H groups in total. The van der Waals surface area contributed by atoms with Crippen LogP contribution in [0.2, 0.25) is 10.0 Å². The predicted molar refractivity (Wildman–Crippen MR) is 83.3 cm³/mol. The van der Waals surface area contributed by atoms with Gasteiger partial charge in [0.05, 0.1) is 0 Å². The highest BCUT2D eigenvalue weighted by atomic mass is 35.5. The molecule has 0 unspecified atom stereocenters. The maximum atomic E-state index is 11.5. The zero-order valence-electron chi connectivity index (χ0n) is 11.2. The Bertz CT molecular complexity index is 630. The largest absolute Gasteiger partial charge is 0.423 e. The number of halogens is 2. The molecule has 4 nitrogen and oxygen atoms in total. The van der Waals surface area contributed by atoms with Gasteiger partial charge in [0.2, 0.25) is 0 Å². The number of benzene rings is 2. The van der Waals surface area contributed by atoms with Crippen LogP contribution in [0.25, 0.3) is 0 Å². The molecule has 2 rings (SSSR count). The average Bonchev–Trinajstić information content (AvgIpc) is 2.50. The van der Waals surface area contributed by atoms with Gasteiger partial charge in [-0.1, -0.05) is 23.2 Å². The molecule has 0 aromatic heterocycles. The SMILES string of the molecule is O=C(C=CC(=O)Oc1ccc(Cl)cc1)Oc1ccc(Cl)cc1. The minimum absolute atomic E-state index is 0.324. The number of ether oxygens (including phenoxy) is 2. The Hall–Kier alpha value is -2.30. The Labute approximate surface area is 136 Å². The molecule has 0 amide bonds. The van der Waals surface area contributed by atoms with E-state index in [9.17, 15) is 9.59 Å². The van der Waals surface area contributed by atoms with E-state index in [-0.39, 0.29) is 0 Å². The summed E-state index contributed by atoms with van der Waals surface area (Å²) in [6.07, 6.45) is 1.96. The van der Waals surface area contributed by atoms with Crippen LogP contribution in [0.15, 0.2) is 60.7 Å². The third-order valence-corrected chi connectivity index (χ3v) is 2.92. The molecule has 0 spiro atoms. The normalized spacial score (nSPS) is 10.5. The summed E-state index contributed by atoms with van der Waals surface area (Å²) in [7, 11) is 0. The van der Waals surface area contributed by atoms with Gasteiger partial charge in [-0.3, -0.25) is 0 Å². The molecule has 0 radical (unpaired) electrons. The highest BCUT2D eigenvalue weighted by Gasteiger charge is 2.04. The van der Waals surface area contributed by atoms with Gasteiger partial charge in [0.15, 0.2) is 0 Å². The number of carbonyl (C=O) groups is 2. The summed E-state index contributed by atoms with van der Waals surface area (Å²) >= 11 is 11.4. The van der Waals surface area contributed by atoms with Crippen LogP contribution in [0, 0.1) is 0 Å². The van der Waals surface area contributed by atoms with Crippen molar-refractivity contribution in [3.05, 3.63) is 70.7 Å². The number of hydrogen-bond donors (Lipinski definition) is 0. The fourth-order valence-corrected chi connectivity index (χ4v) is 1.69. The highest BCUT2D eigenvalue weighted by Crippen LogP contribution is 2.16. The minimum Gasteiger partial charge on any atom is -0.423 e. The van der Waals surface area contributed by atoms with Crippen LogP contribution in [0.5, 0.6) is 11.5 Å². The van der Waals surface area contributed by atoms with Gasteiger partial charge in [-0.05, 0) is 48.5 Å². The summed E-state index contributed by atoms with van der Waals surface area (Å²) in [5, 5.41) is 1.06. The molecule has 0 heterocycles. The van der Waals surface area contributed by atoms with E-state index in [4.69, 9.17) is 32.7 Å². The first-order valence-electron chi connectivity index (χ1n) is 6.16. The molecule has 0 bridgehead atoms. The zero-order valence-corrected chi connectivity index (χ0v) is 12.7. The quantitative estimate of drug-likeness (QED) is 0.480. The van der Waals surface area contributed by atoms with Crippen molar-refractivity contribution in [3.8, 4) is 11.5 Å². The van der Waals surface area contributed by atoms with Gasteiger partial charge < -0.3 is 9.47 Å². The summed E-state index contributed by atoms with van der Waals surface area (Å²) in [5.74, 6) is -0.749. The summed E-state index contributed by atoms with van der Waals surface area (Å²) < 4.78 is 9.95. The van der Waals surface area contributed by atoms with Crippen LogP contribution in [-0.4, -0.2) is 11.9 Å². The lowest BCUT2D eigenvalue weighted by atomic mass is 10.3. The van der Waals surface area contributed by atoms with Gasteiger partial charge in [-0.15, -0.1) is 0 Å². The number of esters is 2. The monoisotopic (exact) mass is 336 g/mol. The van der Waals surface area contributed by atoms with Crippen LogP contribution in [-0.2, 0) is 9.59 Å². The van der Waals surface area contributed by atoms with E-state index in [1.807, 2.05) is 0 Å². The van der Waals surface area contributed by atoms with Crippen molar-refractivity contribution in [3.63, 3.8) is 0 Å². The molecule has 0 aliphatic carbocycles. The summed E-state index contributed by atoms with van der Waals surface area (Å²) in [6.45, 7) is 0. The van der Waals surface area contributed by atoms with E-state index in [1.54, 1.807) is 48.5 Å². The molecule has 6 heteroatoms. The fourth-order valence-electron chi connectivity index (χ4n) is 1.44. The van der Waals surface area contributed by atoms with Crippen molar-refractivity contribution in [2.24, 2.45) is 0 Å². The van der Waals surface area contributed by atoms with Gasteiger partial charge in [0.25, 0.3) is 0 Å². The third kappa shape index (κ3) is 5.24. The molecule has 22 heavy (non-hydrogen) atoms.